The Morgan fingerprint density at radius 3 is 1.70 bits per heavy atom. The molecule has 118 valence electrons. The van der Waals surface area contributed by atoms with Gasteiger partial charge in [-0.15, -0.1) is 0 Å². The second kappa shape index (κ2) is 8.52. The molecule has 0 unspecified atom stereocenters. The zero-order valence-electron chi connectivity index (χ0n) is 13.2. The lowest BCUT2D eigenvalue weighted by Gasteiger charge is -2.37. The van der Waals surface area contributed by atoms with Gasteiger partial charge in [0.05, 0.1) is 0 Å². The summed E-state index contributed by atoms with van der Waals surface area (Å²) in [5, 5.41) is 0. The van der Waals surface area contributed by atoms with Gasteiger partial charge in [-0.3, -0.25) is 0 Å². The molecule has 0 atom stereocenters. The van der Waals surface area contributed by atoms with Crippen molar-refractivity contribution in [2.75, 3.05) is 6.54 Å². The lowest BCUT2D eigenvalue weighted by atomic mass is 9.98. The Labute approximate surface area is 125 Å². The van der Waals surface area contributed by atoms with Crippen molar-refractivity contribution in [3.05, 3.63) is 0 Å². The quantitative estimate of drug-likeness (QED) is 0.720. The molecule has 0 spiro atoms. The van der Waals surface area contributed by atoms with Crippen LogP contribution in [0.5, 0.6) is 0 Å². The fourth-order valence-corrected chi connectivity index (χ4v) is 6.66. The van der Waals surface area contributed by atoms with Crippen LogP contribution >= 0.6 is 0 Å². The molecule has 2 N–H and O–H groups in total. The molecule has 0 aromatic heterocycles. The zero-order chi connectivity index (χ0) is 14.3. The van der Waals surface area contributed by atoms with Crippen LogP contribution in [0.3, 0.4) is 0 Å². The lowest BCUT2D eigenvalue weighted by Crippen LogP contribution is -2.46. The van der Waals surface area contributed by atoms with E-state index in [9.17, 15) is 0 Å². The van der Waals surface area contributed by atoms with Gasteiger partial charge in [0.25, 0.3) is 0 Å². The van der Waals surface area contributed by atoms with Gasteiger partial charge < -0.3 is 14.6 Å². The summed E-state index contributed by atoms with van der Waals surface area (Å²) in [6, 6.07) is 1.07. The first-order valence-electron chi connectivity index (χ1n) is 8.77. The Bertz CT molecular complexity index is 243. The molecule has 20 heavy (non-hydrogen) atoms. The molecule has 0 bridgehead atoms. The minimum atomic E-state index is -2.03. The predicted octanol–water partition coefficient (Wildman–Crippen LogP) is 4.11. The van der Waals surface area contributed by atoms with Gasteiger partial charge in [-0.2, -0.15) is 0 Å². The Morgan fingerprint density at radius 2 is 1.30 bits per heavy atom. The Morgan fingerprint density at radius 1 is 0.850 bits per heavy atom. The van der Waals surface area contributed by atoms with Crippen LogP contribution in [0.4, 0.5) is 0 Å². The highest BCUT2D eigenvalue weighted by Gasteiger charge is 2.37. The second-order valence-corrected chi connectivity index (χ2v) is 10.0. The SMILES string of the molecule is C[Si](CCCN)(OC1CCCCC1)OC1CCCCC1. The number of hydrogen-bond donors (Lipinski definition) is 1. The van der Waals surface area contributed by atoms with Crippen LogP contribution in [0.25, 0.3) is 0 Å². The molecule has 0 aromatic rings. The molecular weight excluding hydrogens is 266 g/mol. The Hall–Kier alpha value is 0.0969. The molecule has 2 fully saturated rings. The monoisotopic (exact) mass is 299 g/mol. The lowest BCUT2D eigenvalue weighted by molar-refractivity contribution is 0.0497. The highest BCUT2D eigenvalue weighted by Crippen LogP contribution is 2.30. The van der Waals surface area contributed by atoms with Crippen molar-refractivity contribution in [1.82, 2.24) is 0 Å². The van der Waals surface area contributed by atoms with Gasteiger partial charge in [0.1, 0.15) is 0 Å². The van der Waals surface area contributed by atoms with Gasteiger partial charge in [-0.25, -0.2) is 0 Å². The van der Waals surface area contributed by atoms with E-state index < -0.39 is 8.56 Å². The summed E-state index contributed by atoms with van der Waals surface area (Å²) >= 11 is 0. The minimum absolute atomic E-state index is 0.460. The van der Waals surface area contributed by atoms with E-state index in [1.165, 1.54) is 64.2 Å². The van der Waals surface area contributed by atoms with Gasteiger partial charge in [0.15, 0.2) is 0 Å². The first-order chi connectivity index (χ1) is 9.72. The highest BCUT2D eigenvalue weighted by atomic mass is 28.4. The van der Waals surface area contributed by atoms with E-state index in [2.05, 4.69) is 6.55 Å². The van der Waals surface area contributed by atoms with Crippen molar-refractivity contribution in [2.45, 2.75) is 95.4 Å². The number of nitrogens with two attached hydrogens (primary N) is 1. The third kappa shape index (κ3) is 5.47. The van der Waals surface area contributed by atoms with Crippen LogP contribution in [0.1, 0.15) is 70.6 Å². The first kappa shape index (κ1) is 16.5. The fourth-order valence-electron chi connectivity index (χ4n) is 3.64. The van der Waals surface area contributed by atoms with Crippen molar-refractivity contribution in [3.8, 4) is 0 Å². The minimum Gasteiger partial charge on any atom is -0.391 e. The Kier molecular flexibility index (Phi) is 7.01. The smallest absolute Gasteiger partial charge is 0.335 e. The predicted molar refractivity (Wildman–Crippen MR) is 86.0 cm³/mol. The van der Waals surface area contributed by atoms with Crippen molar-refractivity contribution >= 4 is 8.56 Å². The van der Waals surface area contributed by atoms with Gasteiger partial charge in [0, 0.05) is 12.2 Å². The van der Waals surface area contributed by atoms with Gasteiger partial charge >= 0.3 is 8.56 Å². The molecule has 0 aliphatic heterocycles. The van der Waals surface area contributed by atoms with E-state index in [-0.39, 0.29) is 0 Å². The normalized spacial score (nSPS) is 23.1. The summed E-state index contributed by atoms with van der Waals surface area (Å²) in [4.78, 5) is 0. The maximum Gasteiger partial charge on any atom is 0.335 e. The van der Waals surface area contributed by atoms with E-state index in [0.717, 1.165) is 19.0 Å². The van der Waals surface area contributed by atoms with Crippen molar-refractivity contribution in [1.29, 1.82) is 0 Å². The summed E-state index contributed by atoms with van der Waals surface area (Å²) in [5.41, 5.74) is 5.71. The maximum atomic E-state index is 6.54. The largest absolute Gasteiger partial charge is 0.391 e. The van der Waals surface area contributed by atoms with Crippen LogP contribution in [0.15, 0.2) is 0 Å². The van der Waals surface area contributed by atoms with Crippen LogP contribution in [0, 0.1) is 0 Å². The molecule has 0 aromatic carbocycles. The third-order valence-corrected chi connectivity index (χ3v) is 7.70. The second-order valence-electron chi connectivity index (χ2n) is 6.78. The number of hydrogen-bond acceptors (Lipinski definition) is 3. The van der Waals surface area contributed by atoms with Crippen molar-refractivity contribution < 1.29 is 8.85 Å². The third-order valence-electron chi connectivity index (χ3n) is 4.77. The average Bonchev–Trinajstić information content (AvgIpc) is 2.47. The van der Waals surface area contributed by atoms with Crippen LogP contribution in [0.2, 0.25) is 12.6 Å². The molecule has 2 aliphatic carbocycles. The number of rotatable bonds is 7. The molecule has 2 rings (SSSR count). The molecular formula is C16H33NO2Si. The van der Waals surface area contributed by atoms with E-state index in [4.69, 9.17) is 14.6 Å². The van der Waals surface area contributed by atoms with E-state index >= 15 is 0 Å². The van der Waals surface area contributed by atoms with Gasteiger partial charge in [-0.1, -0.05) is 38.5 Å². The van der Waals surface area contributed by atoms with Crippen molar-refractivity contribution in [2.24, 2.45) is 5.73 Å². The molecule has 0 radical (unpaired) electrons. The maximum absolute atomic E-state index is 6.54. The summed E-state index contributed by atoms with van der Waals surface area (Å²) in [6.07, 6.45) is 15.0. The van der Waals surface area contributed by atoms with Gasteiger partial charge in [-0.05, 0) is 51.2 Å². The van der Waals surface area contributed by atoms with Gasteiger partial charge in [0.2, 0.25) is 0 Å². The van der Waals surface area contributed by atoms with Crippen LogP contribution < -0.4 is 5.73 Å². The summed E-state index contributed by atoms with van der Waals surface area (Å²) < 4.78 is 13.1. The van der Waals surface area contributed by atoms with Crippen molar-refractivity contribution in [3.63, 3.8) is 0 Å². The molecule has 3 nitrogen and oxygen atoms in total. The average molecular weight is 300 g/mol. The van der Waals surface area contributed by atoms with Crippen LogP contribution in [-0.2, 0) is 8.85 Å². The molecule has 0 saturated heterocycles. The van der Waals surface area contributed by atoms with E-state index in [1.54, 1.807) is 0 Å². The molecule has 2 aliphatic rings. The summed E-state index contributed by atoms with van der Waals surface area (Å²) in [5.74, 6) is 0. The molecule has 4 heteroatoms. The molecule has 0 heterocycles. The Balaban J connectivity index is 1.88. The van der Waals surface area contributed by atoms with E-state index in [0.29, 0.717) is 12.2 Å². The standard InChI is InChI=1S/C16H33NO2Si/c1-20(14-8-13-17,18-15-9-4-2-5-10-15)19-16-11-6-3-7-12-16/h15-16H,2-14,17H2,1H3. The molecule has 0 amide bonds. The zero-order valence-corrected chi connectivity index (χ0v) is 14.2. The summed E-state index contributed by atoms with van der Waals surface area (Å²) in [6.45, 7) is 3.04. The molecule has 2 saturated carbocycles. The topological polar surface area (TPSA) is 44.5 Å². The van der Waals surface area contributed by atoms with E-state index in [1.807, 2.05) is 0 Å². The highest BCUT2D eigenvalue weighted by molar-refractivity contribution is 6.66. The summed E-state index contributed by atoms with van der Waals surface area (Å²) in [7, 11) is -2.03. The van der Waals surface area contributed by atoms with Crippen LogP contribution in [-0.4, -0.2) is 27.3 Å². The first-order valence-corrected chi connectivity index (χ1v) is 11.3. The fraction of sp³-hybridized carbons (Fsp3) is 1.00.